The molecule has 0 fully saturated rings. The smallest absolute Gasteiger partial charge is 0.436 e. The summed E-state index contributed by atoms with van der Waals surface area (Å²) in [6.45, 7) is 0. The average molecular weight is 341 g/mol. The number of halogens is 4. The number of rotatable bonds is 2. The van der Waals surface area contributed by atoms with E-state index >= 15 is 0 Å². The first-order valence-corrected chi connectivity index (χ1v) is 6.71. The Morgan fingerprint density at radius 1 is 1.22 bits per heavy atom. The van der Waals surface area contributed by atoms with Gasteiger partial charge in [-0.3, -0.25) is 0 Å². The molecule has 3 rings (SSSR count). The predicted molar refractivity (Wildman–Crippen MR) is 75.8 cm³/mol. The highest BCUT2D eigenvalue weighted by atomic mass is 35.5. The van der Waals surface area contributed by atoms with E-state index in [0.29, 0.717) is 26.6 Å². The average Bonchev–Trinajstić information content (AvgIpc) is 2.97. The van der Waals surface area contributed by atoms with Crippen molar-refractivity contribution in [1.29, 1.82) is 0 Å². The lowest BCUT2D eigenvalue weighted by Crippen LogP contribution is -2.24. The molecule has 23 heavy (non-hydrogen) atoms. The van der Waals surface area contributed by atoms with Crippen LogP contribution in [0, 0.1) is 5.21 Å². The molecule has 0 spiro atoms. The van der Waals surface area contributed by atoms with Crippen LogP contribution in [0.1, 0.15) is 5.69 Å². The van der Waals surface area contributed by atoms with Crippen molar-refractivity contribution >= 4 is 11.6 Å². The molecule has 118 valence electrons. The maximum Gasteiger partial charge on any atom is 0.436 e. The highest BCUT2D eigenvalue weighted by Crippen LogP contribution is 2.31. The molecule has 0 atom stereocenters. The molecule has 0 aliphatic carbocycles. The molecule has 0 unspecified atom stereocenters. The molecule has 0 aliphatic heterocycles. The van der Waals surface area contributed by atoms with Crippen LogP contribution in [-0.2, 0) is 6.18 Å². The first kappa shape index (κ1) is 15.3. The van der Waals surface area contributed by atoms with Crippen LogP contribution in [0.2, 0.25) is 5.02 Å². The molecule has 3 aromatic rings. The van der Waals surface area contributed by atoms with Gasteiger partial charge in [0, 0.05) is 22.2 Å². The zero-order valence-electron chi connectivity index (χ0n) is 11.3. The third-order valence-electron chi connectivity index (χ3n) is 3.08. The van der Waals surface area contributed by atoms with Gasteiger partial charge in [-0.2, -0.15) is 17.9 Å². The van der Waals surface area contributed by atoms with Gasteiger partial charge in [0.15, 0.2) is 18.1 Å². The predicted octanol–water partition coefficient (Wildman–Crippen LogP) is 3.24. The minimum Gasteiger partial charge on any atom is -0.619 e. The van der Waals surface area contributed by atoms with Gasteiger partial charge in [-0.25, -0.2) is 4.68 Å². The first-order chi connectivity index (χ1) is 10.8. The van der Waals surface area contributed by atoms with Gasteiger partial charge in [0.1, 0.15) is 0 Å². The number of pyridine rings is 1. The molecule has 9 heteroatoms. The summed E-state index contributed by atoms with van der Waals surface area (Å²) in [5.41, 5.74) is 0.166. The summed E-state index contributed by atoms with van der Waals surface area (Å²) < 4.78 is 39.6. The van der Waals surface area contributed by atoms with Crippen molar-refractivity contribution in [2.45, 2.75) is 6.18 Å². The minimum atomic E-state index is -4.59. The van der Waals surface area contributed by atoms with Crippen molar-refractivity contribution in [2.24, 2.45) is 0 Å². The molecule has 5 nitrogen and oxygen atoms in total. The summed E-state index contributed by atoms with van der Waals surface area (Å²) in [4.78, 5) is 0. The Bertz CT molecular complexity index is 863. The van der Waals surface area contributed by atoms with Gasteiger partial charge in [0.05, 0.1) is 11.9 Å². The molecule has 0 saturated heterocycles. The fraction of sp³-hybridized carbons (Fsp3) is 0.0714. The molecule has 0 amide bonds. The normalized spacial score (nSPS) is 11.7. The fourth-order valence-corrected chi connectivity index (χ4v) is 2.24. The minimum absolute atomic E-state index is 0.323. The van der Waals surface area contributed by atoms with Crippen LogP contribution in [0.5, 0.6) is 0 Å². The SMILES string of the molecule is [O-][n+]1cccc(-c2cc(Cl)ccc2-n2cc(C(F)(F)F)nn2)c1. The second-order valence-corrected chi connectivity index (χ2v) is 5.10. The number of hydrogen-bond acceptors (Lipinski definition) is 3. The van der Waals surface area contributed by atoms with Crippen LogP contribution in [-0.4, -0.2) is 15.0 Å². The van der Waals surface area contributed by atoms with Crippen molar-refractivity contribution in [3.8, 4) is 16.8 Å². The molecular weight excluding hydrogens is 333 g/mol. The summed E-state index contributed by atoms with van der Waals surface area (Å²) in [5.74, 6) is 0. The molecular formula is C14H8ClF3N4O. The molecule has 0 radical (unpaired) electrons. The molecule has 1 aromatic carbocycles. The lowest BCUT2D eigenvalue weighted by atomic mass is 10.1. The molecule has 2 heterocycles. The maximum atomic E-state index is 12.7. The van der Waals surface area contributed by atoms with Crippen molar-refractivity contribution < 1.29 is 17.9 Å². The van der Waals surface area contributed by atoms with Gasteiger partial charge in [0.2, 0.25) is 0 Å². The van der Waals surface area contributed by atoms with Crippen LogP contribution in [0.15, 0.2) is 48.9 Å². The lowest BCUT2D eigenvalue weighted by molar-refractivity contribution is -0.604. The Kier molecular flexibility index (Phi) is 3.69. The van der Waals surface area contributed by atoms with E-state index in [0.717, 1.165) is 10.9 Å². The van der Waals surface area contributed by atoms with Crippen LogP contribution in [0.3, 0.4) is 0 Å². The number of benzene rings is 1. The first-order valence-electron chi connectivity index (χ1n) is 6.33. The summed E-state index contributed by atoms with van der Waals surface area (Å²) in [6, 6.07) is 7.74. The van der Waals surface area contributed by atoms with Gasteiger partial charge in [-0.15, -0.1) is 5.10 Å². The van der Waals surface area contributed by atoms with Crippen molar-refractivity contribution in [1.82, 2.24) is 15.0 Å². The zero-order chi connectivity index (χ0) is 16.6. The fourth-order valence-electron chi connectivity index (χ4n) is 2.06. The maximum absolute atomic E-state index is 12.7. The van der Waals surface area contributed by atoms with Crippen molar-refractivity contribution in [3.05, 3.63) is 64.8 Å². The number of aromatic nitrogens is 4. The van der Waals surface area contributed by atoms with Gasteiger partial charge in [-0.1, -0.05) is 16.8 Å². The van der Waals surface area contributed by atoms with E-state index < -0.39 is 11.9 Å². The lowest BCUT2D eigenvalue weighted by Gasteiger charge is -2.09. The molecule has 0 N–H and O–H groups in total. The molecule has 0 saturated carbocycles. The summed E-state index contributed by atoms with van der Waals surface area (Å²) >= 11 is 5.96. The second kappa shape index (κ2) is 5.54. The standard InChI is InChI=1S/C14H8ClF3N4O/c15-10-3-4-12(22-8-13(19-20-22)14(16,17)18)11(6-10)9-2-1-5-21(23)7-9/h1-8H. The molecule has 0 bridgehead atoms. The Morgan fingerprint density at radius 2 is 2.00 bits per heavy atom. The molecule has 2 aromatic heterocycles. The van der Waals surface area contributed by atoms with Crippen molar-refractivity contribution in [3.63, 3.8) is 0 Å². The van der Waals surface area contributed by atoms with E-state index in [4.69, 9.17) is 11.6 Å². The van der Waals surface area contributed by atoms with Crippen LogP contribution >= 0.6 is 11.6 Å². The summed E-state index contributed by atoms with van der Waals surface area (Å²) in [5, 5.41) is 18.4. The monoisotopic (exact) mass is 340 g/mol. The topological polar surface area (TPSA) is 57.6 Å². The zero-order valence-corrected chi connectivity index (χ0v) is 12.1. The van der Waals surface area contributed by atoms with E-state index in [2.05, 4.69) is 10.3 Å². The highest BCUT2D eigenvalue weighted by Gasteiger charge is 2.34. The molecule has 0 aliphatic rings. The van der Waals surface area contributed by atoms with Crippen LogP contribution in [0.25, 0.3) is 16.8 Å². The largest absolute Gasteiger partial charge is 0.619 e. The number of alkyl halides is 3. The van der Waals surface area contributed by atoms with E-state index in [1.165, 1.54) is 30.6 Å². The van der Waals surface area contributed by atoms with E-state index in [-0.39, 0.29) is 0 Å². The van der Waals surface area contributed by atoms with E-state index in [1.807, 2.05) is 0 Å². The Balaban J connectivity index is 2.15. The Morgan fingerprint density at radius 3 is 2.65 bits per heavy atom. The van der Waals surface area contributed by atoms with E-state index in [9.17, 15) is 18.4 Å². The van der Waals surface area contributed by atoms with Crippen molar-refractivity contribution in [2.75, 3.05) is 0 Å². The quantitative estimate of drug-likeness (QED) is 0.531. The second-order valence-electron chi connectivity index (χ2n) is 4.66. The van der Waals surface area contributed by atoms with E-state index in [1.54, 1.807) is 12.1 Å². The third kappa shape index (κ3) is 3.11. The van der Waals surface area contributed by atoms with Gasteiger partial charge < -0.3 is 5.21 Å². The Labute approximate surface area is 133 Å². The number of nitrogens with zero attached hydrogens (tertiary/aromatic N) is 4. The number of hydrogen-bond donors (Lipinski definition) is 0. The Hall–Kier alpha value is -2.61. The third-order valence-corrected chi connectivity index (χ3v) is 3.31. The summed E-state index contributed by atoms with van der Waals surface area (Å²) in [6.07, 6.45) is -1.22. The summed E-state index contributed by atoms with van der Waals surface area (Å²) in [7, 11) is 0. The van der Waals surface area contributed by atoms with Crippen LogP contribution in [0.4, 0.5) is 13.2 Å². The van der Waals surface area contributed by atoms with Crippen LogP contribution < -0.4 is 4.73 Å². The van der Waals surface area contributed by atoms with Gasteiger partial charge in [-0.05, 0) is 24.3 Å². The highest BCUT2D eigenvalue weighted by molar-refractivity contribution is 6.31. The van der Waals surface area contributed by atoms with Gasteiger partial charge >= 0.3 is 6.18 Å². The van der Waals surface area contributed by atoms with Gasteiger partial charge in [0.25, 0.3) is 0 Å².